The molecule has 7 heteroatoms. The summed E-state index contributed by atoms with van der Waals surface area (Å²) in [7, 11) is 0. The average molecular weight is 348 g/mol. The Balaban J connectivity index is 1.75. The summed E-state index contributed by atoms with van der Waals surface area (Å²) in [4.78, 5) is 9.14. The molecule has 0 unspecified atom stereocenters. The van der Waals surface area contributed by atoms with Crippen molar-refractivity contribution in [2.24, 2.45) is 0 Å². The predicted octanol–water partition coefficient (Wildman–Crippen LogP) is 3.82. The molecule has 3 aromatic heterocycles. The second-order valence-electron chi connectivity index (χ2n) is 6.22. The van der Waals surface area contributed by atoms with E-state index in [0.29, 0.717) is 11.7 Å². The van der Waals surface area contributed by atoms with Crippen LogP contribution in [0.15, 0.2) is 47.0 Å². The van der Waals surface area contributed by atoms with Gasteiger partial charge in [0.2, 0.25) is 5.89 Å². The molecule has 0 fully saturated rings. The summed E-state index contributed by atoms with van der Waals surface area (Å²) in [6, 6.07) is 13.9. The summed E-state index contributed by atoms with van der Waals surface area (Å²) in [5.74, 6) is 2.08. The fourth-order valence-electron chi connectivity index (χ4n) is 2.82. The van der Waals surface area contributed by atoms with Crippen LogP contribution in [0, 0.1) is 6.92 Å². The molecular weight excluding hydrogens is 328 g/mol. The van der Waals surface area contributed by atoms with Crippen LogP contribution in [-0.4, -0.2) is 24.7 Å². The van der Waals surface area contributed by atoms with E-state index in [1.807, 2.05) is 63.2 Å². The van der Waals surface area contributed by atoms with Gasteiger partial charge >= 0.3 is 0 Å². The average Bonchev–Trinajstić information content (AvgIpc) is 3.28. The zero-order valence-corrected chi connectivity index (χ0v) is 15.0. The summed E-state index contributed by atoms with van der Waals surface area (Å²) in [6.07, 6.45) is 0.742. The van der Waals surface area contributed by atoms with Crippen LogP contribution in [0.1, 0.15) is 37.3 Å². The van der Waals surface area contributed by atoms with Crippen LogP contribution in [0.25, 0.3) is 16.9 Å². The molecule has 0 radical (unpaired) electrons. The van der Waals surface area contributed by atoms with Crippen molar-refractivity contribution >= 4 is 11.5 Å². The van der Waals surface area contributed by atoms with Crippen LogP contribution < -0.4 is 5.32 Å². The lowest BCUT2D eigenvalue weighted by Crippen LogP contribution is -2.11. The molecule has 7 nitrogen and oxygen atoms in total. The van der Waals surface area contributed by atoms with Crippen molar-refractivity contribution in [1.82, 2.24) is 24.7 Å². The molecule has 0 aliphatic rings. The molecule has 0 amide bonds. The van der Waals surface area contributed by atoms with Crippen LogP contribution >= 0.6 is 0 Å². The minimum atomic E-state index is -0.151. The van der Waals surface area contributed by atoms with Gasteiger partial charge in [-0.25, -0.2) is 4.98 Å². The van der Waals surface area contributed by atoms with E-state index in [-0.39, 0.29) is 6.04 Å². The molecule has 0 aliphatic carbocycles. The van der Waals surface area contributed by atoms with Gasteiger partial charge in [-0.05, 0) is 13.8 Å². The third-order valence-electron chi connectivity index (χ3n) is 4.15. The summed E-state index contributed by atoms with van der Waals surface area (Å²) in [5.41, 5.74) is 3.63. The molecule has 0 saturated carbocycles. The number of anilines is 1. The highest BCUT2D eigenvalue weighted by Gasteiger charge is 2.17. The van der Waals surface area contributed by atoms with Gasteiger partial charge in [0, 0.05) is 24.1 Å². The molecule has 0 bridgehead atoms. The van der Waals surface area contributed by atoms with Crippen molar-refractivity contribution < 1.29 is 4.52 Å². The van der Waals surface area contributed by atoms with Crippen LogP contribution in [0.2, 0.25) is 0 Å². The van der Waals surface area contributed by atoms with Crippen molar-refractivity contribution in [3.05, 3.63) is 59.9 Å². The minimum absolute atomic E-state index is 0.151. The summed E-state index contributed by atoms with van der Waals surface area (Å²) in [6.45, 7) is 5.94. The minimum Gasteiger partial charge on any atom is -0.358 e. The van der Waals surface area contributed by atoms with Crippen LogP contribution in [0.3, 0.4) is 0 Å². The van der Waals surface area contributed by atoms with E-state index in [2.05, 4.69) is 20.6 Å². The first kappa shape index (κ1) is 16.3. The van der Waals surface area contributed by atoms with Crippen molar-refractivity contribution in [3.63, 3.8) is 0 Å². The number of nitrogens with zero attached hydrogens (tertiary/aromatic N) is 5. The summed E-state index contributed by atoms with van der Waals surface area (Å²) in [5, 5.41) is 11.9. The Morgan fingerprint density at radius 1 is 1.15 bits per heavy atom. The molecule has 0 saturated heterocycles. The Labute approximate surface area is 151 Å². The molecule has 0 aliphatic heterocycles. The monoisotopic (exact) mass is 348 g/mol. The number of aryl methyl sites for hydroxylation is 2. The molecule has 3 heterocycles. The molecule has 0 spiro atoms. The Bertz CT molecular complexity index is 1040. The fraction of sp³-hybridized carbons (Fsp3) is 0.263. The maximum Gasteiger partial charge on any atom is 0.248 e. The molecule has 1 N–H and O–H groups in total. The van der Waals surface area contributed by atoms with E-state index in [4.69, 9.17) is 9.51 Å². The lowest BCUT2D eigenvalue weighted by molar-refractivity contribution is 0.363. The smallest absolute Gasteiger partial charge is 0.248 e. The van der Waals surface area contributed by atoms with Crippen molar-refractivity contribution in [2.75, 3.05) is 5.32 Å². The number of nitrogens with one attached hydrogen (secondary N) is 1. The van der Waals surface area contributed by atoms with Crippen LogP contribution in [0.5, 0.6) is 0 Å². The predicted molar refractivity (Wildman–Crippen MR) is 98.9 cm³/mol. The lowest BCUT2D eigenvalue weighted by Gasteiger charge is -2.14. The summed E-state index contributed by atoms with van der Waals surface area (Å²) >= 11 is 0. The van der Waals surface area contributed by atoms with E-state index < -0.39 is 0 Å². The maximum absolute atomic E-state index is 5.35. The first-order chi connectivity index (χ1) is 12.6. The van der Waals surface area contributed by atoms with Crippen molar-refractivity contribution in [3.8, 4) is 11.3 Å². The largest absolute Gasteiger partial charge is 0.358 e. The van der Waals surface area contributed by atoms with Crippen molar-refractivity contribution in [1.29, 1.82) is 0 Å². The molecule has 26 heavy (non-hydrogen) atoms. The highest BCUT2D eigenvalue weighted by atomic mass is 16.5. The Morgan fingerprint density at radius 2 is 1.96 bits per heavy atom. The zero-order chi connectivity index (χ0) is 18.1. The van der Waals surface area contributed by atoms with Gasteiger partial charge in [0.15, 0.2) is 11.5 Å². The number of fused-ring (bicyclic) bond motifs is 1. The van der Waals surface area contributed by atoms with Gasteiger partial charge in [0.1, 0.15) is 11.9 Å². The highest BCUT2D eigenvalue weighted by molar-refractivity contribution is 5.66. The molecule has 1 atom stereocenters. The fourth-order valence-corrected chi connectivity index (χ4v) is 2.82. The number of benzene rings is 1. The van der Waals surface area contributed by atoms with Crippen molar-refractivity contribution in [2.45, 2.75) is 33.2 Å². The number of hydrogen-bond donors (Lipinski definition) is 1. The number of hydrogen-bond acceptors (Lipinski definition) is 6. The van der Waals surface area contributed by atoms with Gasteiger partial charge in [-0.15, -0.1) is 0 Å². The normalized spacial score (nSPS) is 12.4. The van der Waals surface area contributed by atoms with E-state index in [1.54, 1.807) is 4.52 Å². The van der Waals surface area contributed by atoms with Gasteiger partial charge in [0.25, 0.3) is 0 Å². The number of rotatable bonds is 5. The van der Waals surface area contributed by atoms with Gasteiger partial charge in [0.05, 0.1) is 11.4 Å². The Hall–Kier alpha value is -3.22. The van der Waals surface area contributed by atoms with Gasteiger partial charge < -0.3 is 9.84 Å². The quantitative estimate of drug-likeness (QED) is 0.590. The highest BCUT2D eigenvalue weighted by Crippen LogP contribution is 2.25. The molecule has 1 aromatic carbocycles. The molecule has 4 rings (SSSR count). The molecule has 132 valence electrons. The van der Waals surface area contributed by atoms with Crippen LogP contribution in [-0.2, 0) is 6.42 Å². The van der Waals surface area contributed by atoms with E-state index in [1.165, 1.54) is 0 Å². The van der Waals surface area contributed by atoms with E-state index in [9.17, 15) is 0 Å². The summed E-state index contributed by atoms with van der Waals surface area (Å²) < 4.78 is 7.15. The van der Waals surface area contributed by atoms with Gasteiger partial charge in [-0.3, -0.25) is 0 Å². The second kappa shape index (κ2) is 6.59. The zero-order valence-electron chi connectivity index (χ0n) is 15.0. The second-order valence-corrected chi connectivity index (χ2v) is 6.22. The van der Waals surface area contributed by atoms with E-state index in [0.717, 1.165) is 34.8 Å². The third kappa shape index (κ3) is 3.03. The SMILES string of the molecule is CCc1noc([C@@H](C)Nc2cc(-c3ccccc3)nc3cc(C)nn23)n1. The first-order valence-corrected chi connectivity index (χ1v) is 8.66. The van der Waals surface area contributed by atoms with Crippen LogP contribution in [0.4, 0.5) is 5.82 Å². The standard InChI is InChI=1S/C19H20N6O/c1-4-16-22-19(26-24-16)13(3)20-18-11-15(14-8-6-5-7-9-14)21-17-10-12(2)23-25(17)18/h5-11,13,20H,4H2,1-3H3/t13-/m1/s1. The third-order valence-corrected chi connectivity index (χ3v) is 4.15. The van der Waals surface area contributed by atoms with Gasteiger partial charge in [-0.2, -0.15) is 14.6 Å². The van der Waals surface area contributed by atoms with E-state index >= 15 is 0 Å². The lowest BCUT2D eigenvalue weighted by atomic mass is 10.1. The Kier molecular flexibility index (Phi) is 4.12. The first-order valence-electron chi connectivity index (χ1n) is 8.66. The maximum atomic E-state index is 5.35. The molecule has 4 aromatic rings. The Morgan fingerprint density at radius 3 is 2.69 bits per heavy atom. The van der Waals surface area contributed by atoms with Gasteiger partial charge in [-0.1, -0.05) is 42.4 Å². The number of aromatic nitrogens is 5. The molecular formula is C19H20N6O. The topological polar surface area (TPSA) is 81.1 Å².